The van der Waals surface area contributed by atoms with Gasteiger partial charge in [-0.15, -0.1) is 0 Å². The van der Waals surface area contributed by atoms with E-state index in [1.807, 2.05) is 0 Å². The Morgan fingerprint density at radius 2 is 1.07 bits per heavy atom. The molecule has 0 spiro atoms. The van der Waals surface area contributed by atoms with Crippen LogP contribution in [0.2, 0.25) is 0 Å². The molecule has 0 amide bonds. The fourth-order valence-corrected chi connectivity index (χ4v) is 4.53. The van der Waals surface area contributed by atoms with Crippen molar-refractivity contribution in [1.82, 2.24) is 0 Å². The van der Waals surface area contributed by atoms with Crippen LogP contribution < -0.4 is 0 Å². The number of aliphatic hydroxyl groups is 1. The molecule has 0 fully saturated rings. The topological polar surface area (TPSA) is 55.8 Å². The summed E-state index contributed by atoms with van der Waals surface area (Å²) in [5.74, 6) is -0.219. The number of hydrogen-bond acceptors (Lipinski definition) is 4. The number of ether oxygens (including phenoxy) is 2. The minimum Gasteiger partial charge on any atom is -0.457 e. The Hall–Kier alpha value is -1.91. The molecule has 0 aliphatic carbocycles. The minimum atomic E-state index is -0.555. The molecule has 1 unspecified atom stereocenters. The number of carbonyl (C=O) groups excluding carboxylic acids is 1. The summed E-state index contributed by atoms with van der Waals surface area (Å²) in [6.07, 6.45) is 45.4. The zero-order valence-electron chi connectivity index (χ0n) is 27.5. The molecule has 4 nitrogen and oxygen atoms in total. The molecule has 0 aromatic heterocycles. The maximum atomic E-state index is 12.1. The average molecular weight is 587 g/mol. The van der Waals surface area contributed by atoms with Crippen molar-refractivity contribution >= 4 is 5.97 Å². The predicted molar refractivity (Wildman–Crippen MR) is 182 cm³/mol. The van der Waals surface area contributed by atoms with Crippen LogP contribution in [0.3, 0.4) is 0 Å². The first-order chi connectivity index (χ1) is 20.7. The second-order valence-electron chi connectivity index (χ2n) is 11.2. The fraction of sp³-hybridized carbons (Fsp3) is 0.711. The van der Waals surface area contributed by atoms with Crippen molar-refractivity contribution in [2.45, 2.75) is 155 Å². The Kier molecular flexibility index (Phi) is 33.7. The van der Waals surface area contributed by atoms with E-state index in [2.05, 4.69) is 74.6 Å². The van der Waals surface area contributed by atoms with Gasteiger partial charge < -0.3 is 14.6 Å². The van der Waals surface area contributed by atoms with Crippen LogP contribution >= 0.6 is 0 Å². The van der Waals surface area contributed by atoms with Gasteiger partial charge in [-0.2, -0.15) is 0 Å². The number of rotatable bonds is 31. The standard InChI is InChI=1S/C38H66O4/c1-3-5-7-9-11-13-15-17-18-19-20-21-22-24-26-28-30-32-34-41-36-37(35-39)42-38(40)33-31-29-27-25-23-16-14-12-10-8-6-4-2/h5,7,11,13,17-18,20-21,24,26,37,39H,3-4,6,8-10,12,14-16,19,22-23,25,27-36H2,1-2H3/b7-5-,13-11-,18-17-,21-20-,26-24-. The average Bonchev–Trinajstić information content (AvgIpc) is 3.00. The summed E-state index contributed by atoms with van der Waals surface area (Å²) in [6, 6.07) is 0. The number of hydrogen-bond donors (Lipinski definition) is 1. The monoisotopic (exact) mass is 586 g/mol. The summed E-state index contributed by atoms with van der Waals surface area (Å²) < 4.78 is 11.0. The first-order valence-electron chi connectivity index (χ1n) is 17.4. The summed E-state index contributed by atoms with van der Waals surface area (Å²) in [6.45, 7) is 5.12. The van der Waals surface area contributed by atoms with Crippen LogP contribution in [0.4, 0.5) is 0 Å². The van der Waals surface area contributed by atoms with E-state index >= 15 is 0 Å². The quantitative estimate of drug-likeness (QED) is 0.0499. The van der Waals surface area contributed by atoms with Crippen molar-refractivity contribution in [1.29, 1.82) is 0 Å². The molecule has 42 heavy (non-hydrogen) atoms. The lowest BCUT2D eigenvalue weighted by molar-refractivity contribution is -0.154. The van der Waals surface area contributed by atoms with E-state index in [-0.39, 0.29) is 19.2 Å². The van der Waals surface area contributed by atoms with Crippen molar-refractivity contribution in [3.63, 3.8) is 0 Å². The van der Waals surface area contributed by atoms with Gasteiger partial charge in [-0.05, 0) is 57.8 Å². The third-order valence-corrected chi connectivity index (χ3v) is 7.11. The highest BCUT2D eigenvalue weighted by Crippen LogP contribution is 2.13. The van der Waals surface area contributed by atoms with E-state index in [0.29, 0.717) is 13.0 Å². The first kappa shape index (κ1) is 40.1. The molecule has 0 rings (SSSR count). The van der Waals surface area contributed by atoms with Crippen molar-refractivity contribution in [3.05, 3.63) is 60.8 Å². The lowest BCUT2D eigenvalue weighted by Crippen LogP contribution is -2.27. The van der Waals surface area contributed by atoms with Crippen molar-refractivity contribution in [2.75, 3.05) is 19.8 Å². The van der Waals surface area contributed by atoms with Crippen molar-refractivity contribution in [3.8, 4) is 0 Å². The molecule has 0 bridgehead atoms. The van der Waals surface area contributed by atoms with Crippen LogP contribution in [0.5, 0.6) is 0 Å². The zero-order valence-corrected chi connectivity index (χ0v) is 27.5. The van der Waals surface area contributed by atoms with Crippen molar-refractivity contribution in [2.24, 2.45) is 0 Å². The van der Waals surface area contributed by atoms with Gasteiger partial charge in [-0.3, -0.25) is 4.79 Å². The Labute approximate surface area is 260 Å². The van der Waals surface area contributed by atoms with E-state index in [1.54, 1.807) is 0 Å². The van der Waals surface area contributed by atoms with Crippen molar-refractivity contribution < 1.29 is 19.4 Å². The Bertz CT molecular complexity index is 704. The fourth-order valence-electron chi connectivity index (χ4n) is 4.53. The second-order valence-corrected chi connectivity index (χ2v) is 11.2. The van der Waals surface area contributed by atoms with Gasteiger partial charge in [0.15, 0.2) is 0 Å². The smallest absolute Gasteiger partial charge is 0.306 e. The maximum Gasteiger partial charge on any atom is 0.306 e. The van der Waals surface area contributed by atoms with Gasteiger partial charge in [0.2, 0.25) is 0 Å². The Morgan fingerprint density at radius 1 is 0.595 bits per heavy atom. The second kappa shape index (κ2) is 35.3. The maximum absolute atomic E-state index is 12.1. The molecule has 0 saturated carbocycles. The molecule has 0 radical (unpaired) electrons. The predicted octanol–water partition coefficient (Wildman–Crippen LogP) is 10.9. The summed E-state index contributed by atoms with van der Waals surface area (Å²) >= 11 is 0. The third kappa shape index (κ3) is 32.6. The third-order valence-electron chi connectivity index (χ3n) is 7.11. The molecular formula is C38H66O4. The van der Waals surface area contributed by atoms with Crippen LogP contribution in [0.1, 0.15) is 149 Å². The molecule has 0 heterocycles. The summed E-state index contributed by atoms with van der Waals surface area (Å²) in [5, 5.41) is 9.53. The van der Waals surface area contributed by atoms with Gasteiger partial charge in [0.25, 0.3) is 0 Å². The summed E-state index contributed by atoms with van der Waals surface area (Å²) in [7, 11) is 0. The van der Waals surface area contributed by atoms with Crippen LogP contribution in [0, 0.1) is 0 Å². The van der Waals surface area contributed by atoms with Gasteiger partial charge in [0.05, 0.1) is 13.2 Å². The SMILES string of the molecule is CC/C=C\C/C=C\C/C=C\C/C=C\C/C=C\CCCCOCC(CO)OC(=O)CCCCCCCCCCCCCC. The Balaban J connectivity index is 3.57. The normalized spacial score (nSPS) is 13.1. The molecule has 242 valence electrons. The molecule has 1 N–H and O–H groups in total. The molecular weight excluding hydrogens is 520 g/mol. The number of carbonyl (C=O) groups is 1. The molecule has 0 aliphatic heterocycles. The number of aliphatic hydroxyl groups excluding tert-OH is 1. The molecule has 0 saturated heterocycles. The molecule has 0 aromatic carbocycles. The zero-order chi connectivity index (χ0) is 30.6. The highest BCUT2D eigenvalue weighted by molar-refractivity contribution is 5.69. The highest BCUT2D eigenvalue weighted by atomic mass is 16.6. The van der Waals surface area contributed by atoms with E-state index in [0.717, 1.165) is 64.2 Å². The molecule has 0 aromatic rings. The summed E-state index contributed by atoms with van der Waals surface area (Å²) in [5.41, 5.74) is 0. The lowest BCUT2D eigenvalue weighted by Gasteiger charge is -2.15. The largest absolute Gasteiger partial charge is 0.457 e. The van der Waals surface area contributed by atoms with Crippen LogP contribution in [-0.2, 0) is 14.3 Å². The van der Waals surface area contributed by atoms with E-state index in [4.69, 9.17) is 9.47 Å². The molecule has 0 aliphatic rings. The van der Waals surface area contributed by atoms with Crippen LogP contribution in [0.25, 0.3) is 0 Å². The minimum absolute atomic E-state index is 0.190. The van der Waals surface area contributed by atoms with Gasteiger partial charge in [0.1, 0.15) is 6.10 Å². The summed E-state index contributed by atoms with van der Waals surface area (Å²) in [4.78, 5) is 12.1. The first-order valence-corrected chi connectivity index (χ1v) is 17.4. The van der Waals surface area contributed by atoms with Crippen LogP contribution in [0.15, 0.2) is 60.8 Å². The highest BCUT2D eigenvalue weighted by Gasteiger charge is 2.13. The van der Waals surface area contributed by atoms with E-state index in [9.17, 15) is 9.90 Å². The number of allylic oxidation sites excluding steroid dienone is 10. The van der Waals surface area contributed by atoms with Gasteiger partial charge in [-0.1, -0.05) is 145 Å². The molecule has 4 heteroatoms. The lowest BCUT2D eigenvalue weighted by atomic mass is 10.0. The Morgan fingerprint density at radius 3 is 1.57 bits per heavy atom. The number of unbranched alkanes of at least 4 members (excludes halogenated alkanes) is 13. The molecule has 1 atom stereocenters. The van der Waals surface area contributed by atoms with E-state index in [1.165, 1.54) is 64.2 Å². The van der Waals surface area contributed by atoms with Crippen LogP contribution in [-0.4, -0.2) is 37.0 Å². The van der Waals surface area contributed by atoms with Gasteiger partial charge >= 0.3 is 5.97 Å². The van der Waals surface area contributed by atoms with E-state index < -0.39 is 6.10 Å². The van der Waals surface area contributed by atoms with Gasteiger partial charge in [-0.25, -0.2) is 0 Å². The van der Waals surface area contributed by atoms with Gasteiger partial charge in [0, 0.05) is 13.0 Å². The number of esters is 1.